The van der Waals surface area contributed by atoms with Gasteiger partial charge in [0.2, 0.25) is 5.72 Å². The van der Waals surface area contributed by atoms with Crippen LogP contribution < -0.4 is 15.4 Å². The number of Topliss-reactive ketones (excluding diaryl/α,β-unsaturated/α-hetero) is 1. The number of aliphatic hydroxyl groups is 1. The van der Waals surface area contributed by atoms with Crippen LogP contribution in [0.1, 0.15) is 22.0 Å². The monoisotopic (exact) mass is 472 g/mol. The van der Waals surface area contributed by atoms with Crippen molar-refractivity contribution < 1.29 is 32.6 Å². The smallest absolute Gasteiger partial charge is 0.437 e. The zero-order valence-electron chi connectivity index (χ0n) is 15.0. The Bertz CT molecular complexity index is 919. The Morgan fingerprint density at radius 2 is 1.72 bits per heavy atom. The van der Waals surface area contributed by atoms with Crippen LogP contribution in [0.15, 0.2) is 53.0 Å². The molecule has 0 spiro atoms. The van der Waals surface area contributed by atoms with Gasteiger partial charge in [0.25, 0.3) is 0 Å². The summed E-state index contributed by atoms with van der Waals surface area (Å²) in [6, 6.07) is 8.81. The lowest BCUT2D eigenvalue weighted by atomic mass is 9.77. The van der Waals surface area contributed by atoms with Gasteiger partial charge in [-0.2, -0.15) is 13.2 Å². The van der Waals surface area contributed by atoms with E-state index >= 15 is 0 Å². The van der Waals surface area contributed by atoms with Crippen molar-refractivity contribution in [3.05, 3.63) is 64.1 Å². The van der Waals surface area contributed by atoms with Crippen molar-refractivity contribution in [3.8, 4) is 5.75 Å². The van der Waals surface area contributed by atoms with Gasteiger partial charge < -0.3 is 20.5 Å². The van der Waals surface area contributed by atoms with Crippen LogP contribution in [0.5, 0.6) is 5.75 Å². The number of amides is 2. The summed E-state index contributed by atoms with van der Waals surface area (Å²) in [5.74, 6) is -2.61. The maximum absolute atomic E-state index is 13.8. The van der Waals surface area contributed by atoms with Gasteiger partial charge in [-0.1, -0.05) is 40.2 Å². The van der Waals surface area contributed by atoms with E-state index in [1.807, 2.05) is 0 Å². The maximum atomic E-state index is 13.8. The fourth-order valence-corrected chi connectivity index (χ4v) is 3.49. The second kappa shape index (κ2) is 7.68. The molecule has 10 heteroatoms. The molecule has 0 unspecified atom stereocenters. The Balaban J connectivity index is 2.13. The quantitative estimate of drug-likeness (QED) is 0.593. The molecule has 2 aromatic rings. The number of carbonyl (C=O) groups excluding carboxylic acids is 2. The van der Waals surface area contributed by atoms with E-state index in [4.69, 9.17) is 4.74 Å². The van der Waals surface area contributed by atoms with E-state index in [1.54, 1.807) is 0 Å². The summed E-state index contributed by atoms with van der Waals surface area (Å²) < 4.78 is 47.1. The molecule has 29 heavy (non-hydrogen) atoms. The molecular formula is C19H16BrF3N2O4. The summed E-state index contributed by atoms with van der Waals surface area (Å²) in [7, 11) is 1.42. The maximum Gasteiger partial charge on any atom is 0.437 e. The Morgan fingerprint density at radius 3 is 2.24 bits per heavy atom. The van der Waals surface area contributed by atoms with Crippen LogP contribution in [-0.4, -0.2) is 35.9 Å². The Labute approximate surface area is 172 Å². The van der Waals surface area contributed by atoms with Crippen molar-refractivity contribution in [2.45, 2.75) is 17.9 Å². The molecule has 2 aromatic carbocycles. The molecule has 154 valence electrons. The van der Waals surface area contributed by atoms with E-state index in [9.17, 15) is 27.9 Å². The molecule has 2 amide bonds. The average Bonchev–Trinajstić information content (AvgIpc) is 2.67. The van der Waals surface area contributed by atoms with Crippen LogP contribution in [0.2, 0.25) is 0 Å². The van der Waals surface area contributed by atoms with Crippen LogP contribution in [0, 0.1) is 5.92 Å². The largest absolute Gasteiger partial charge is 0.497 e. The normalized spacial score (nSPS) is 24.4. The number of hydrogen-bond donors (Lipinski definition) is 3. The van der Waals surface area contributed by atoms with Gasteiger partial charge in [0, 0.05) is 10.0 Å². The first-order valence-electron chi connectivity index (χ1n) is 8.38. The number of ether oxygens (including phenoxy) is 1. The second-order valence-electron chi connectivity index (χ2n) is 6.46. The Hall–Kier alpha value is -2.59. The number of carbonyl (C=O) groups is 2. The van der Waals surface area contributed by atoms with Gasteiger partial charge >= 0.3 is 12.2 Å². The first-order chi connectivity index (χ1) is 13.6. The molecule has 0 aliphatic carbocycles. The van der Waals surface area contributed by atoms with Gasteiger partial charge in [-0.25, -0.2) is 4.79 Å². The number of ketones is 1. The van der Waals surface area contributed by atoms with Crippen molar-refractivity contribution in [2.24, 2.45) is 5.92 Å². The third-order valence-electron chi connectivity index (χ3n) is 4.69. The zero-order chi connectivity index (χ0) is 21.4. The molecule has 3 atom stereocenters. The fraction of sp³-hybridized carbons (Fsp3) is 0.263. The number of hydrogen-bond acceptors (Lipinski definition) is 4. The molecule has 3 N–H and O–H groups in total. The standard InChI is InChI=1S/C19H16BrF3N2O4/c1-29-13-8-4-10(5-9-13)15-14(16(26)11-2-6-12(20)7-3-11)18(28,19(21,22)23)25-17(27)24-15/h2-9,14-15,28H,1H3,(H2,24,25,27)/t14-,15+,18+/m1/s1. The third-order valence-corrected chi connectivity index (χ3v) is 5.22. The van der Waals surface area contributed by atoms with Gasteiger partial charge in [0.15, 0.2) is 5.78 Å². The van der Waals surface area contributed by atoms with E-state index in [0.717, 1.165) is 0 Å². The molecule has 0 radical (unpaired) electrons. The van der Waals surface area contributed by atoms with E-state index in [0.29, 0.717) is 10.2 Å². The number of alkyl halides is 3. The lowest BCUT2D eigenvalue weighted by Gasteiger charge is -2.45. The highest BCUT2D eigenvalue weighted by Gasteiger charge is 2.66. The molecular weight excluding hydrogens is 457 g/mol. The molecule has 1 saturated heterocycles. The zero-order valence-corrected chi connectivity index (χ0v) is 16.5. The summed E-state index contributed by atoms with van der Waals surface area (Å²) in [6.45, 7) is 0. The van der Waals surface area contributed by atoms with Gasteiger partial charge in [-0.05, 0) is 29.8 Å². The molecule has 1 heterocycles. The van der Waals surface area contributed by atoms with Crippen molar-refractivity contribution in [1.82, 2.24) is 10.6 Å². The molecule has 1 aliphatic heterocycles. The molecule has 0 aromatic heterocycles. The topological polar surface area (TPSA) is 87.7 Å². The number of halogens is 4. The molecule has 1 fully saturated rings. The van der Waals surface area contributed by atoms with Crippen molar-refractivity contribution in [3.63, 3.8) is 0 Å². The van der Waals surface area contributed by atoms with Crippen LogP contribution in [-0.2, 0) is 0 Å². The Morgan fingerprint density at radius 1 is 1.14 bits per heavy atom. The van der Waals surface area contributed by atoms with Gasteiger partial charge in [0.05, 0.1) is 13.2 Å². The van der Waals surface area contributed by atoms with Crippen LogP contribution >= 0.6 is 15.9 Å². The van der Waals surface area contributed by atoms with Crippen molar-refractivity contribution in [2.75, 3.05) is 7.11 Å². The number of nitrogens with one attached hydrogen (secondary N) is 2. The minimum atomic E-state index is -5.30. The molecule has 6 nitrogen and oxygen atoms in total. The lowest BCUT2D eigenvalue weighted by Crippen LogP contribution is -2.72. The third kappa shape index (κ3) is 3.95. The van der Waals surface area contributed by atoms with Crippen LogP contribution in [0.4, 0.5) is 18.0 Å². The number of methoxy groups -OCH3 is 1. The number of urea groups is 1. The summed E-state index contributed by atoms with van der Waals surface area (Å²) in [6.07, 6.45) is -5.30. The number of rotatable bonds is 4. The average molecular weight is 473 g/mol. The molecule has 0 bridgehead atoms. The highest BCUT2D eigenvalue weighted by atomic mass is 79.9. The molecule has 0 saturated carbocycles. The summed E-state index contributed by atoms with van der Waals surface area (Å²) >= 11 is 3.19. The van der Waals surface area contributed by atoms with Crippen molar-refractivity contribution in [1.29, 1.82) is 0 Å². The van der Waals surface area contributed by atoms with E-state index in [-0.39, 0.29) is 11.1 Å². The Kier molecular flexibility index (Phi) is 5.59. The SMILES string of the molecule is COc1ccc([C@@H]2NC(=O)N[C@@](O)(C(F)(F)F)[C@H]2C(=O)c2ccc(Br)cc2)cc1. The van der Waals surface area contributed by atoms with Crippen LogP contribution in [0.3, 0.4) is 0 Å². The summed E-state index contributed by atoms with van der Waals surface area (Å²) in [4.78, 5) is 25.1. The van der Waals surface area contributed by atoms with Crippen LogP contribution in [0.25, 0.3) is 0 Å². The number of benzene rings is 2. The highest BCUT2D eigenvalue weighted by molar-refractivity contribution is 9.10. The predicted molar refractivity (Wildman–Crippen MR) is 100 cm³/mol. The molecule has 1 aliphatic rings. The van der Waals surface area contributed by atoms with Gasteiger partial charge in [0.1, 0.15) is 11.7 Å². The van der Waals surface area contributed by atoms with Gasteiger partial charge in [-0.3, -0.25) is 4.79 Å². The summed E-state index contributed by atoms with van der Waals surface area (Å²) in [5.41, 5.74) is -3.60. The summed E-state index contributed by atoms with van der Waals surface area (Å²) in [5, 5.41) is 14.3. The first-order valence-corrected chi connectivity index (χ1v) is 9.17. The minimum Gasteiger partial charge on any atom is -0.497 e. The highest BCUT2D eigenvalue weighted by Crippen LogP contribution is 2.44. The van der Waals surface area contributed by atoms with E-state index in [2.05, 4.69) is 21.2 Å². The lowest BCUT2D eigenvalue weighted by molar-refractivity contribution is -0.287. The molecule has 3 rings (SSSR count). The first kappa shape index (κ1) is 21.1. The van der Waals surface area contributed by atoms with E-state index < -0.39 is 35.7 Å². The second-order valence-corrected chi connectivity index (χ2v) is 7.38. The van der Waals surface area contributed by atoms with Crippen molar-refractivity contribution >= 4 is 27.7 Å². The fourth-order valence-electron chi connectivity index (χ4n) is 3.22. The predicted octanol–water partition coefficient (Wildman–Crippen LogP) is 3.56. The van der Waals surface area contributed by atoms with E-state index in [1.165, 1.54) is 61.0 Å². The minimum absolute atomic E-state index is 0.0441. The van der Waals surface area contributed by atoms with Gasteiger partial charge in [-0.15, -0.1) is 0 Å².